The van der Waals surface area contributed by atoms with Crippen molar-refractivity contribution in [3.05, 3.63) is 0 Å². The minimum absolute atomic E-state index is 0.0476. The number of esters is 1. The Hall–Kier alpha value is -0.430. The lowest BCUT2D eigenvalue weighted by molar-refractivity contribution is -0.158. The molecule has 1 saturated heterocycles. The minimum Gasteiger partial charge on any atom is -0.461 e. The Kier molecular flexibility index (Phi) is 4.52. The van der Waals surface area contributed by atoms with Crippen LogP contribution in [0.15, 0.2) is 0 Å². The Morgan fingerprint density at radius 2 is 1.54 bits per heavy atom. The second-order valence-corrected chi connectivity index (χ2v) is 9.63. The van der Waals surface area contributed by atoms with Gasteiger partial charge in [0.05, 0.1) is 11.8 Å². The molecule has 4 aliphatic rings. The maximum absolute atomic E-state index is 12.7. The molecule has 6 atom stereocenters. The van der Waals surface area contributed by atoms with Gasteiger partial charge < -0.3 is 4.74 Å². The summed E-state index contributed by atoms with van der Waals surface area (Å²) < 4.78 is 5.48. The lowest BCUT2D eigenvalue weighted by Crippen LogP contribution is -2.39. The lowest BCUT2D eigenvalue weighted by atomic mass is 9.81. The number of fused-ring (bicyclic) bond motifs is 5. The van der Waals surface area contributed by atoms with Crippen LogP contribution in [-0.4, -0.2) is 45.0 Å². The molecule has 2 amide bonds. The van der Waals surface area contributed by atoms with E-state index in [2.05, 4.69) is 31.9 Å². The van der Waals surface area contributed by atoms with E-state index in [1.165, 1.54) is 6.42 Å². The molecule has 0 radical (unpaired) electrons. The van der Waals surface area contributed by atoms with Crippen molar-refractivity contribution in [1.29, 1.82) is 0 Å². The highest BCUT2D eigenvalue weighted by molar-refractivity contribution is 9.12. The summed E-state index contributed by atoms with van der Waals surface area (Å²) in [6, 6.07) is 0. The van der Waals surface area contributed by atoms with E-state index < -0.39 is 5.97 Å². The van der Waals surface area contributed by atoms with E-state index in [0.717, 1.165) is 37.0 Å². The van der Waals surface area contributed by atoms with E-state index in [4.69, 9.17) is 4.74 Å². The average Bonchev–Trinajstić information content (AvgIpc) is 3.16. The van der Waals surface area contributed by atoms with Crippen molar-refractivity contribution < 1.29 is 19.1 Å². The van der Waals surface area contributed by atoms with Crippen molar-refractivity contribution in [2.24, 2.45) is 23.7 Å². The summed E-state index contributed by atoms with van der Waals surface area (Å²) in [6.07, 6.45) is 5.97. The summed E-state index contributed by atoms with van der Waals surface area (Å²) in [6.45, 7) is -0.222. The van der Waals surface area contributed by atoms with Crippen LogP contribution in [0.4, 0.5) is 0 Å². The first-order valence-electron chi connectivity index (χ1n) is 8.82. The molecule has 4 rings (SSSR count). The van der Waals surface area contributed by atoms with Gasteiger partial charge >= 0.3 is 5.97 Å². The van der Waals surface area contributed by atoms with E-state index in [9.17, 15) is 14.4 Å². The summed E-state index contributed by atoms with van der Waals surface area (Å²) in [4.78, 5) is 39.2. The number of alkyl halides is 2. The van der Waals surface area contributed by atoms with Crippen molar-refractivity contribution >= 4 is 49.6 Å². The fraction of sp³-hybridized carbons (Fsp3) is 0.824. The SMILES string of the molecule is O=C(CN1C(=O)[C@@H]2[C@H]3C[C@@H]([C@H](Br)[C@H]3Br)[C@H]2C1=O)OC1CCCCC1. The predicted molar refractivity (Wildman–Crippen MR) is 93.7 cm³/mol. The van der Waals surface area contributed by atoms with Crippen LogP contribution in [0.25, 0.3) is 0 Å². The molecule has 1 aliphatic heterocycles. The number of carbonyl (C=O) groups is 3. The lowest BCUT2D eigenvalue weighted by Gasteiger charge is -2.28. The smallest absolute Gasteiger partial charge is 0.326 e. The predicted octanol–water partition coefficient (Wildman–Crippen LogP) is 2.64. The van der Waals surface area contributed by atoms with Crippen LogP contribution in [0, 0.1) is 23.7 Å². The second-order valence-electron chi connectivity index (χ2n) is 7.52. The quantitative estimate of drug-likeness (QED) is 0.367. The number of ether oxygens (including phenoxy) is 1. The van der Waals surface area contributed by atoms with Gasteiger partial charge in [0.1, 0.15) is 12.6 Å². The van der Waals surface area contributed by atoms with E-state index in [-0.39, 0.29) is 57.8 Å². The highest BCUT2D eigenvalue weighted by atomic mass is 79.9. The molecular formula is C17H21Br2NO4. The molecule has 0 aromatic rings. The monoisotopic (exact) mass is 461 g/mol. The Labute approximate surface area is 158 Å². The molecule has 1 heterocycles. The Balaban J connectivity index is 1.43. The molecule has 132 valence electrons. The average molecular weight is 463 g/mol. The Morgan fingerprint density at radius 3 is 2.08 bits per heavy atom. The number of halogens is 2. The standard InChI is InChI=1S/C17H21Br2NO4/c18-14-9-6-10(15(14)19)13-12(9)16(22)20(17(13)23)7-11(21)24-8-4-2-1-3-5-8/h8-10,12-15H,1-7H2/t9-,10-,12-,13-,14+,15+/m1/s1. The van der Waals surface area contributed by atoms with Gasteiger partial charge in [-0.05, 0) is 43.9 Å². The van der Waals surface area contributed by atoms with E-state index in [1.807, 2.05) is 0 Å². The third-order valence-corrected chi connectivity index (χ3v) is 9.42. The zero-order valence-corrected chi connectivity index (χ0v) is 16.5. The van der Waals surface area contributed by atoms with Gasteiger partial charge in [-0.25, -0.2) is 0 Å². The van der Waals surface area contributed by atoms with Crippen molar-refractivity contribution in [3.8, 4) is 0 Å². The third-order valence-electron chi connectivity index (χ3n) is 6.22. The number of rotatable bonds is 3. The summed E-state index contributed by atoms with van der Waals surface area (Å²) in [7, 11) is 0. The van der Waals surface area contributed by atoms with Crippen LogP contribution in [0.2, 0.25) is 0 Å². The zero-order chi connectivity index (χ0) is 17.0. The van der Waals surface area contributed by atoms with Gasteiger partial charge in [-0.2, -0.15) is 0 Å². The molecule has 3 aliphatic carbocycles. The van der Waals surface area contributed by atoms with Crippen LogP contribution in [-0.2, 0) is 19.1 Å². The van der Waals surface area contributed by atoms with E-state index in [1.54, 1.807) is 0 Å². The first-order valence-corrected chi connectivity index (χ1v) is 10.6. The maximum Gasteiger partial charge on any atom is 0.326 e. The molecule has 0 N–H and O–H groups in total. The molecule has 0 aromatic heterocycles. The van der Waals surface area contributed by atoms with Gasteiger partial charge in [-0.3, -0.25) is 19.3 Å². The molecule has 24 heavy (non-hydrogen) atoms. The number of amides is 2. The molecule has 3 saturated carbocycles. The number of imide groups is 1. The number of nitrogens with zero attached hydrogens (tertiary/aromatic N) is 1. The molecule has 0 aromatic carbocycles. The van der Waals surface area contributed by atoms with E-state index in [0.29, 0.717) is 0 Å². The fourth-order valence-corrected chi connectivity index (χ4v) is 6.98. The van der Waals surface area contributed by atoms with Crippen molar-refractivity contribution in [3.63, 3.8) is 0 Å². The largest absolute Gasteiger partial charge is 0.461 e. The number of likely N-dealkylation sites (tertiary alicyclic amines) is 1. The van der Waals surface area contributed by atoms with E-state index >= 15 is 0 Å². The van der Waals surface area contributed by atoms with Crippen molar-refractivity contribution in [1.82, 2.24) is 4.90 Å². The molecule has 5 nitrogen and oxygen atoms in total. The van der Waals surface area contributed by atoms with Gasteiger partial charge in [0, 0.05) is 9.65 Å². The van der Waals surface area contributed by atoms with Gasteiger partial charge in [-0.15, -0.1) is 0 Å². The first kappa shape index (κ1) is 17.0. The molecule has 0 unspecified atom stereocenters. The summed E-state index contributed by atoms with van der Waals surface area (Å²) in [5.41, 5.74) is 0. The minimum atomic E-state index is -0.443. The van der Waals surface area contributed by atoms with Gasteiger partial charge in [0.2, 0.25) is 11.8 Å². The number of carbonyl (C=O) groups excluding carboxylic acids is 3. The van der Waals surface area contributed by atoms with Gasteiger partial charge in [0.25, 0.3) is 0 Å². The molecule has 4 fully saturated rings. The van der Waals surface area contributed by atoms with Crippen molar-refractivity contribution in [2.45, 2.75) is 54.3 Å². The van der Waals surface area contributed by atoms with Crippen LogP contribution < -0.4 is 0 Å². The van der Waals surface area contributed by atoms with Gasteiger partial charge in [-0.1, -0.05) is 38.3 Å². The molecule has 2 bridgehead atoms. The topological polar surface area (TPSA) is 63.7 Å². The highest BCUT2D eigenvalue weighted by Crippen LogP contribution is 2.60. The molecule has 7 heteroatoms. The third kappa shape index (κ3) is 2.57. The van der Waals surface area contributed by atoms with Gasteiger partial charge in [0.15, 0.2) is 0 Å². The highest BCUT2D eigenvalue weighted by Gasteiger charge is 2.66. The zero-order valence-electron chi connectivity index (χ0n) is 13.3. The van der Waals surface area contributed by atoms with Crippen LogP contribution >= 0.6 is 31.9 Å². The first-order chi connectivity index (χ1) is 11.5. The Morgan fingerprint density at radius 1 is 1.00 bits per heavy atom. The molecule has 0 spiro atoms. The summed E-state index contributed by atoms with van der Waals surface area (Å²) >= 11 is 7.32. The maximum atomic E-state index is 12.7. The normalized spacial score (nSPS) is 41.8. The summed E-state index contributed by atoms with van der Waals surface area (Å²) in [5.74, 6) is -0.961. The Bertz CT molecular complexity index is 545. The van der Waals surface area contributed by atoms with Crippen molar-refractivity contribution in [2.75, 3.05) is 6.54 Å². The van der Waals surface area contributed by atoms with Crippen LogP contribution in [0.5, 0.6) is 0 Å². The van der Waals surface area contributed by atoms with Crippen LogP contribution in [0.1, 0.15) is 38.5 Å². The fourth-order valence-electron chi connectivity index (χ4n) is 5.10. The number of hydrogen-bond acceptors (Lipinski definition) is 4. The summed E-state index contributed by atoms with van der Waals surface area (Å²) in [5, 5.41) is 0. The molecular weight excluding hydrogens is 442 g/mol. The van der Waals surface area contributed by atoms with Crippen LogP contribution in [0.3, 0.4) is 0 Å². The number of hydrogen-bond donors (Lipinski definition) is 0. The second kappa shape index (κ2) is 6.38.